The number of carbonyl (C=O) groups excluding carboxylic acids is 1. The van der Waals surface area contributed by atoms with Crippen LogP contribution in [-0.4, -0.2) is 29.8 Å². The van der Waals surface area contributed by atoms with E-state index >= 15 is 0 Å². The largest absolute Gasteiger partial charge is 0.316 e. The smallest absolute Gasteiger partial charge is 0.255 e. The van der Waals surface area contributed by atoms with Crippen molar-refractivity contribution in [1.29, 1.82) is 0 Å². The summed E-state index contributed by atoms with van der Waals surface area (Å²) in [4.78, 5) is 12.7. The molecule has 2 atom stereocenters. The lowest BCUT2D eigenvalue weighted by atomic mass is 10.1. The van der Waals surface area contributed by atoms with Gasteiger partial charge < -0.3 is 4.90 Å². The summed E-state index contributed by atoms with van der Waals surface area (Å²) in [5, 5.41) is 2.82. The zero-order valence-electron chi connectivity index (χ0n) is 9.74. The fourth-order valence-corrected chi connectivity index (χ4v) is 2.07. The Balaban J connectivity index is 2.31. The second kappa shape index (κ2) is 4.97. The van der Waals surface area contributed by atoms with Gasteiger partial charge in [0.2, 0.25) is 5.91 Å². The Morgan fingerprint density at radius 1 is 1.39 bits per heavy atom. The van der Waals surface area contributed by atoms with Gasteiger partial charge in [0.1, 0.15) is 12.0 Å². The zero-order chi connectivity index (χ0) is 13.3. The van der Waals surface area contributed by atoms with Crippen molar-refractivity contribution >= 4 is 5.91 Å². The van der Waals surface area contributed by atoms with E-state index in [1.54, 1.807) is 13.0 Å². The predicted molar refractivity (Wildman–Crippen MR) is 59.5 cm³/mol. The molecule has 1 N–H and O–H groups in total. The lowest BCUT2D eigenvalue weighted by Crippen LogP contribution is -2.35. The van der Waals surface area contributed by atoms with Crippen molar-refractivity contribution in [2.45, 2.75) is 25.6 Å². The zero-order valence-corrected chi connectivity index (χ0v) is 9.74. The monoisotopic (exact) mass is 258 g/mol. The number of nitrogens with one attached hydrogen (secondary N) is 1. The molecule has 98 valence electrons. The molecule has 1 aromatic carbocycles. The Morgan fingerprint density at radius 3 is 2.67 bits per heavy atom. The van der Waals surface area contributed by atoms with Crippen LogP contribution in [0.25, 0.3) is 0 Å². The van der Waals surface area contributed by atoms with E-state index in [1.807, 2.05) is 0 Å². The van der Waals surface area contributed by atoms with Gasteiger partial charge in [-0.1, -0.05) is 18.2 Å². The third kappa shape index (κ3) is 2.33. The summed E-state index contributed by atoms with van der Waals surface area (Å²) in [7, 11) is 0. The summed E-state index contributed by atoms with van der Waals surface area (Å²) in [5.74, 6) is -0.959. The molecule has 2 unspecified atom stereocenters. The van der Waals surface area contributed by atoms with Crippen molar-refractivity contribution in [2.75, 3.05) is 6.54 Å². The third-order valence-corrected chi connectivity index (χ3v) is 2.91. The fraction of sp³-hybridized carbons (Fsp3) is 0.417. The molecular weight excluding hydrogens is 245 g/mol. The molecule has 6 heteroatoms. The van der Waals surface area contributed by atoms with Crippen LogP contribution in [-0.2, 0) is 4.79 Å². The van der Waals surface area contributed by atoms with Crippen molar-refractivity contribution in [2.24, 2.45) is 0 Å². The maximum atomic E-state index is 13.6. The minimum absolute atomic E-state index is 0.204. The number of benzene rings is 1. The highest BCUT2D eigenvalue weighted by Crippen LogP contribution is 2.27. The van der Waals surface area contributed by atoms with E-state index in [1.165, 1.54) is 18.2 Å². The van der Waals surface area contributed by atoms with E-state index in [-0.39, 0.29) is 5.56 Å². The Morgan fingerprint density at radius 2 is 2.06 bits per heavy atom. The minimum Gasteiger partial charge on any atom is -0.316 e. The molecule has 0 aromatic heterocycles. The molecule has 0 radical (unpaired) electrons. The maximum absolute atomic E-state index is 13.6. The molecule has 0 saturated carbocycles. The van der Waals surface area contributed by atoms with Gasteiger partial charge in [0.05, 0.1) is 12.6 Å². The summed E-state index contributed by atoms with van der Waals surface area (Å²) in [6.45, 7) is 0.872. The van der Waals surface area contributed by atoms with Gasteiger partial charge in [0.15, 0.2) is 0 Å². The molecule has 1 aliphatic heterocycles. The number of rotatable bonds is 3. The van der Waals surface area contributed by atoms with Gasteiger partial charge in [0.25, 0.3) is 6.43 Å². The van der Waals surface area contributed by atoms with E-state index in [9.17, 15) is 18.0 Å². The highest BCUT2D eigenvalue weighted by Gasteiger charge is 2.39. The molecule has 2 rings (SSSR count). The maximum Gasteiger partial charge on any atom is 0.255 e. The number of amides is 1. The summed E-state index contributed by atoms with van der Waals surface area (Å²) in [6.07, 6.45) is -3.47. The molecule has 1 saturated heterocycles. The molecule has 1 aliphatic rings. The standard InChI is InChI=1S/C12H13F3N2O/c1-7-12(18)17(6-10(14)15)11(16-7)8-4-2-3-5-9(8)13/h2-5,7,10-11,16H,6H2,1H3. The average molecular weight is 258 g/mol. The van der Waals surface area contributed by atoms with Crippen LogP contribution >= 0.6 is 0 Å². The van der Waals surface area contributed by atoms with Crippen LogP contribution in [0.4, 0.5) is 13.2 Å². The van der Waals surface area contributed by atoms with Crippen LogP contribution in [0.5, 0.6) is 0 Å². The topological polar surface area (TPSA) is 32.3 Å². The van der Waals surface area contributed by atoms with Crippen LogP contribution in [0.15, 0.2) is 24.3 Å². The number of hydrogen-bond acceptors (Lipinski definition) is 2. The highest BCUT2D eigenvalue weighted by atomic mass is 19.3. The first-order valence-electron chi connectivity index (χ1n) is 5.60. The predicted octanol–water partition coefficient (Wildman–Crippen LogP) is 1.91. The molecule has 1 aromatic rings. The van der Waals surface area contributed by atoms with E-state index in [0.717, 1.165) is 4.90 Å². The van der Waals surface area contributed by atoms with Gasteiger partial charge in [-0.3, -0.25) is 10.1 Å². The van der Waals surface area contributed by atoms with Gasteiger partial charge >= 0.3 is 0 Å². The molecular formula is C12H13F3N2O. The van der Waals surface area contributed by atoms with Crippen LogP contribution in [0.3, 0.4) is 0 Å². The number of halogens is 3. The van der Waals surface area contributed by atoms with Crippen LogP contribution in [0.1, 0.15) is 18.7 Å². The third-order valence-electron chi connectivity index (χ3n) is 2.91. The Hall–Kier alpha value is -1.56. The van der Waals surface area contributed by atoms with Gasteiger partial charge in [-0.05, 0) is 13.0 Å². The summed E-state index contributed by atoms with van der Waals surface area (Å²) < 4.78 is 38.6. The van der Waals surface area contributed by atoms with Crippen molar-refractivity contribution in [3.8, 4) is 0 Å². The summed E-state index contributed by atoms with van der Waals surface area (Å²) in [6, 6.07) is 5.25. The summed E-state index contributed by atoms with van der Waals surface area (Å²) >= 11 is 0. The fourth-order valence-electron chi connectivity index (χ4n) is 2.07. The van der Waals surface area contributed by atoms with Gasteiger partial charge in [0, 0.05) is 5.56 Å². The minimum atomic E-state index is -2.64. The number of carbonyl (C=O) groups is 1. The molecule has 1 fully saturated rings. The first kappa shape index (κ1) is 12.9. The van der Waals surface area contributed by atoms with E-state index < -0.39 is 36.9 Å². The quantitative estimate of drug-likeness (QED) is 0.898. The first-order valence-corrected chi connectivity index (χ1v) is 5.60. The second-order valence-corrected chi connectivity index (χ2v) is 4.19. The Kier molecular flexibility index (Phi) is 3.56. The van der Waals surface area contributed by atoms with E-state index in [4.69, 9.17) is 0 Å². The number of alkyl halides is 2. The Bertz CT molecular complexity index is 453. The number of hydrogen-bond donors (Lipinski definition) is 1. The van der Waals surface area contributed by atoms with E-state index in [2.05, 4.69) is 5.32 Å². The van der Waals surface area contributed by atoms with Gasteiger partial charge in [-0.25, -0.2) is 13.2 Å². The van der Waals surface area contributed by atoms with Crippen molar-refractivity contribution in [1.82, 2.24) is 10.2 Å². The molecule has 1 heterocycles. The normalized spacial score (nSPS) is 24.1. The van der Waals surface area contributed by atoms with Crippen molar-refractivity contribution in [3.63, 3.8) is 0 Å². The SMILES string of the molecule is CC1NC(c2ccccc2F)N(CC(F)F)C1=O. The van der Waals surface area contributed by atoms with Gasteiger partial charge in [-0.2, -0.15) is 0 Å². The average Bonchev–Trinajstić information content (AvgIpc) is 2.57. The van der Waals surface area contributed by atoms with Crippen molar-refractivity contribution in [3.05, 3.63) is 35.6 Å². The van der Waals surface area contributed by atoms with Crippen molar-refractivity contribution < 1.29 is 18.0 Å². The van der Waals surface area contributed by atoms with Crippen LogP contribution in [0.2, 0.25) is 0 Å². The molecule has 0 bridgehead atoms. The highest BCUT2D eigenvalue weighted by molar-refractivity contribution is 5.84. The summed E-state index contributed by atoms with van der Waals surface area (Å²) in [5.41, 5.74) is 0.204. The second-order valence-electron chi connectivity index (χ2n) is 4.19. The Labute approximate surface area is 103 Å². The van der Waals surface area contributed by atoms with Crippen LogP contribution in [0, 0.1) is 5.82 Å². The van der Waals surface area contributed by atoms with E-state index in [0.29, 0.717) is 0 Å². The first-order chi connectivity index (χ1) is 8.50. The molecule has 18 heavy (non-hydrogen) atoms. The lowest BCUT2D eigenvalue weighted by Gasteiger charge is -2.24. The molecule has 0 spiro atoms. The van der Waals surface area contributed by atoms with Crippen LogP contribution < -0.4 is 5.32 Å². The molecule has 1 amide bonds. The molecule has 0 aliphatic carbocycles. The van der Waals surface area contributed by atoms with Gasteiger partial charge in [-0.15, -0.1) is 0 Å². The lowest BCUT2D eigenvalue weighted by molar-refractivity contribution is -0.131. The molecule has 3 nitrogen and oxygen atoms in total. The number of nitrogens with zero attached hydrogens (tertiary/aromatic N) is 1.